The van der Waals surface area contributed by atoms with E-state index < -0.39 is 0 Å². The molecule has 0 saturated carbocycles. The fourth-order valence-corrected chi connectivity index (χ4v) is 3.47. The van der Waals surface area contributed by atoms with Gasteiger partial charge < -0.3 is 0 Å². The summed E-state index contributed by atoms with van der Waals surface area (Å²) >= 11 is 3.58. The summed E-state index contributed by atoms with van der Waals surface area (Å²) in [5.74, 6) is 0.471. The Balaban J connectivity index is 1.85. The second-order valence-corrected chi connectivity index (χ2v) is 6.81. The highest BCUT2D eigenvalue weighted by molar-refractivity contribution is 9.10. The minimum absolute atomic E-state index is 0.471. The highest BCUT2D eigenvalue weighted by atomic mass is 79.9. The van der Waals surface area contributed by atoms with Gasteiger partial charge >= 0.3 is 0 Å². The van der Waals surface area contributed by atoms with E-state index in [9.17, 15) is 0 Å². The van der Waals surface area contributed by atoms with Gasteiger partial charge in [0.2, 0.25) is 0 Å². The molecular formula is C20H21Br. The van der Waals surface area contributed by atoms with Gasteiger partial charge in [-0.2, -0.15) is 0 Å². The Labute approximate surface area is 136 Å². The van der Waals surface area contributed by atoms with Gasteiger partial charge in [0.1, 0.15) is 0 Å². The van der Waals surface area contributed by atoms with Crippen LogP contribution in [0, 0.1) is 0 Å². The first-order chi connectivity index (χ1) is 10.2. The zero-order chi connectivity index (χ0) is 14.8. The average molecular weight is 341 g/mol. The van der Waals surface area contributed by atoms with Crippen molar-refractivity contribution < 1.29 is 0 Å². The molecule has 1 aliphatic rings. The molecule has 0 N–H and O–H groups in total. The van der Waals surface area contributed by atoms with Crippen LogP contribution in [0.1, 0.15) is 54.9 Å². The lowest BCUT2D eigenvalue weighted by atomic mass is 9.92. The van der Waals surface area contributed by atoms with Crippen molar-refractivity contribution >= 4 is 27.6 Å². The quantitative estimate of drug-likeness (QED) is 0.599. The molecule has 0 saturated heterocycles. The lowest BCUT2D eigenvalue weighted by Crippen LogP contribution is -1.94. The first-order valence-electron chi connectivity index (χ1n) is 7.79. The van der Waals surface area contributed by atoms with Crippen molar-refractivity contribution in [2.45, 2.75) is 39.0 Å². The van der Waals surface area contributed by atoms with Gasteiger partial charge in [0.25, 0.3) is 0 Å². The summed E-state index contributed by atoms with van der Waals surface area (Å²) in [4.78, 5) is 0. The molecule has 1 aliphatic carbocycles. The zero-order valence-corrected chi connectivity index (χ0v) is 14.3. The van der Waals surface area contributed by atoms with Crippen LogP contribution < -0.4 is 0 Å². The smallest absolute Gasteiger partial charge is 0.0178 e. The molecule has 0 radical (unpaired) electrons. The predicted octanol–water partition coefficient (Wildman–Crippen LogP) is 6.45. The molecule has 2 aromatic carbocycles. The highest BCUT2D eigenvalue weighted by Crippen LogP contribution is 2.42. The molecule has 0 aromatic heterocycles. The Kier molecular flexibility index (Phi) is 4.30. The van der Waals surface area contributed by atoms with Gasteiger partial charge in [-0.05, 0) is 52.8 Å². The normalized spacial score (nSPS) is 16.7. The van der Waals surface area contributed by atoms with Gasteiger partial charge in [-0.15, -0.1) is 0 Å². The highest BCUT2D eigenvalue weighted by Gasteiger charge is 2.22. The minimum Gasteiger partial charge on any atom is -0.0654 e. The van der Waals surface area contributed by atoms with Gasteiger partial charge in [-0.1, -0.05) is 72.6 Å². The number of hydrogen-bond acceptors (Lipinski definition) is 0. The Hall–Kier alpha value is -1.34. The summed E-state index contributed by atoms with van der Waals surface area (Å²) in [6.07, 6.45) is 6.07. The Bertz CT molecular complexity index is 665. The fourth-order valence-electron chi connectivity index (χ4n) is 3.09. The van der Waals surface area contributed by atoms with Gasteiger partial charge in [0.05, 0.1) is 0 Å². The number of rotatable bonds is 4. The molecule has 0 aliphatic heterocycles. The van der Waals surface area contributed by atoms with E-state index in [1.165, 1.54) is 47.1 Å². The fraction of sp³-hybridized carbons (Fsp3) is 0.300. The molecule has 2 aromatic rings. The zero-order valence-electron chi connectivity index (χ0n) is 12.7. The summed E-state index contributed by atoms with van der Waals surface area (Å²) in [6.45, 7) is 4.55. The van der Waals surface area contributed by atoms with Crippen molar-refractivity contribution in [3.8, 4) is 0 Å². The summed E-state index contributed by atoms with van der Waals surface area (Å²) < 4.78 is 1.16. The van der Waals surface area contributed by atoms with E-state index in [4.69, 9.17) is 0 Å². The van der Waals surface area contributed by atoms with Crippen molar-refractivity contribution in [1.82, 2.24) is 0 Å². The number of halogens is 1. The molecule has 0 amide bonds. The molecule has 0 nitrogen and oxygen atoms in total. The molecule has 0 heterocycles. The standard InChI is InChI=1S/C20H21Br/c1-3-4-5-15-6-8-16(9-7-15)19-12-17-10-11-18(21)13-20(17)14(19)2/h6-14H,3-5H2,1-2H3. The summed E-state index contributed by atoms with van der Waals surface area (Å²) in [7, 11) is 0. The number of unbranched alkanes of at least 4 members (excludes halogenated alkanes) is 1. The number of hydrogen-bond donors (Lipinski definition) is 0. The number of aryl methyl sites for hydroxylation is 1. The maximum absolute atomic E-state index is 3.58. The van der Waals surface area contributed by atoms with Crippen LogP contribution in [-0.4, -0.2) is 0 Å². The first kappa shape index (κ1) is 14.6. The number of fused-ring (bicyclic) bond motifs is 1. The molecule has 0 spiro atoms. The number of benzene rings is 2. The van der Waals surface area contributed by atoms with Gasteiger partial charge in [0.15, 0.2) is 0 Å². The van der Waals surface area contributed by atoms with Gasteiger partial charge in [0, 0.05) is 10.4 Å². The van der Waals surface area contributed by atoms with Crippen LogP contribution in [-0.2, 0) is 6.42 Å². The van der Waals surface area contributed by atoms with Gasteiger partial charge in [-0.3, -0.25) is 0 Å². The van der Waals surface area contributed by atoms with Crippen LogP contribution in [0.5, 0.6) is 0 Å². The molecule has 0 bridgehead atoms. The molecule has 0 fully saturated rings. The van der Waals surface area contributed by atoms with Crippen LogP contribution >= 0.6 is 15.9 Å². The van der Waals surface area contributed by atoms with Crippen molar-refractivity contribution in [1.29, 1.82) is 0 Å². The molecular weight excluding hydrogens is 320 g/mol. The van der Waals surface area contributed by atoms with E-state index >= 15 is 0 Å². The molecule has 21 heavy (non-hydrogen) atoms. The summed E-state index contributed by atoms with van der Waals surface area (Å²) in [5.41, 5.74) is 7.03. The van der Waals surface area contributed by atoms with Crippen LogP contribution in [0.15, 0.2) is 46.9 Å². The Morgan fingerprint density at radius 3 is 2.52 bits per heavy atom. The third-order valence-electron chi connectivity index (χ3n) is 4.40. The van der Waals surface area contributed by atoms with Crippen molar-refractivity contribution in [2.24, 2.45) is 0 Å². The van der Waals surface area contributed by atoms with Crippen LogP contribution in [0.3, 0.4) is 0 Å². The van der Waals surface area contributed by atoms with Crippen LogP contribution in [0.25, 0.3) is 11.6 Å². The largest absolute Gasteiger partial charge is 0.0654 e. The lowest BCUT2D eigenvalue weighted by Gasteiger charge is -2.12. The Morgan fingerprint density at radius 2 is 1.81 bits per heavy atom. The second kappa shape index (κ2) is 6.19. The second-order valence-electron chi connectivity index (χ2n) is 5.90. The summed E-state index contributed by atoms with van der Waals surface area (Å²) in [5, 5.41) is 0. The third-order valence-corrected chi connectivity index (χ3v) is 4.89. The van der Waals surface area contributed by atoms with E-state index in [0.717, 1.165) is 4.47 Å². The predicted molar refractivity (Wildman–Crippen MR) is 95.5 cm³/mol. The average Bonchev–Trinajstić information content (AvgIpc) is 2.83. The SMILES string of the molecule is CCCCc1ccc(C2=Cc3ccc(Br)cc3C2C)cc1. The molecule has 1 heteroatoms. The minimum atomic E-state index is 0.471. The van der Waals surface area contributed by atoms with E-state index in [0.29, 0.717) is 5.92 Å². The lowest BCUT2D eigenvalue weighted by molar-refractivity contribution is 0.795. The van der Waals surface area contributed by atoms with Crippen molar-refractivity contribution in [3.05, 3.63) is 69.2 Å². The maximum Gasteiger partial charge on any atom is 0.0178 e. The molecule has 108 valence electrons. The first-order valence-corrected chi connectivity index (χ1v) is 8.58. The molecule has 1 unspecified atom stereocenters. The summed E-state index contributed by atoms with van der Waals surface area (Å²) in [6, 6.07) is 15.7. The van der Waals surface area contributed by atoms with Gasteiger partial charge in [-0.25, -0.2) is 0 Å². The molecule has 1 atom stereocenters. The van der Waals surface area contributed by atoms with Crippen molar-refractivity contribution in [2.75, 3.05) is 0 Å². The third kappa shape index (κ3) is 2.98. The van der Waals surface area contributed by atoms with E-state index in [1.54, 1.807) is 0 Å². The Morgan fingerprint density at radius 1 is 1.05 bits per heavy atom. The van der Waals surface area contributed by atoms with Crippen molar-refractivity contribution in [3.63, 3.8) is 0 Å². The van der Waals surface area contributed by atoms with E-state index in [-0.39, 0.29) is 0 Å². The van der Waals surface area contributed by atoms with E-state index in [1.807, 2.05) is 0 Å². The maximum atomic E-state index is 3.58. The van der Waals surface area contributed by atoms with E-state index in [2.05, 4.69) is 78.3 Å². The monoisotopic (exact) mass is 340 g/mol. The number of allylic oxidation sites excluding steroid dienone is 1. The topological polar surface area (TPSA) is 0 Å². The van der Waals surface area contributed by atoms with Crippen LogP contribution in [0.2, 0.25) is 0 Å². The van der Waals surface area contributed by atoms with Crippen LogP contribution in [0.4, 0.5) is 0 Å². The molecule has 3 rings (SSSR count).